The molecule has 45 heavy (non-hydrogen) atoms. The molecule has 8 heteroatoms. The molecule has 242 valence electrons. The Balaban J connectivity index is 0.00000461. The SMILES string of the molecule is CCCCCCCCCC(=O)OC(CCCN1CCc2c(c3cc(F)ccc3n2-c2ccc(F)cc2)C1)c1ccc(F)cc1.Cl. The van der Waals surface area contributed by atoms with Gasteiger partial charge in [-0.2, -0.15) is 0 Å². The summed E-state index contributed by atoms with van der Waals surface area (Å²) in [7, 11) is 0. The quantitative estimate of drug-likeness (QED) is 0.0958. The standard InChI is InChI=1S/C37H43F3N2O2.ClH/c1-2-3-4-5-6-7-8-11-37(43)44-36(27-12-14-28(38)15-13-27)10-9-23-41-24-22-35-33(26-41)32-25-30(40)18-21-34(32)42(35)31-19-16-29(39)17-20-31;/h12-21,25,36H,2-11,22-24,26H2,1H3;1H. The van der Waals surface area contributed by atoms with E-state index in [0.29, 0.717) is 19.4 Å². The zero-order valence-electron chi connectivity index (χ0n) is 26.1. The number of aromatic nitrogens is 1. The van der Waals surface area contributed by atoms with Gasteiger partial charge in [0, 0.05) is 42.7 Å². The third-order valence-corrected chi connectivity index (χ3v) is 8.71. The lowest BCUT2D eigenvalue weighted by Crippen LogP contribution is -2.32. The minimum Gasteiger partial charge on any atom is -0.457 e. The van der Waals surface area contributed by atoms with Crippen LogP contribution in [-0.2, 0) is 22.5 Å². The van der Waals surface area contributed by atoms with E-state index in [1.54, 1.807) is 36.4 Å². The average molecular weight is 641 g/mol. The number of hydrogen-bond acceptors (Lipinski definition) is 3. The van der Waals surface area contributed by atoms with Crippen LogP contribution >= 0.6 is 12.4 Å². The van der Waals surface area contributed by atoms with E-state index in [4.69, 9.17) is 4.74 Å². The molecule has 0 aliphatic carbocycles. The van der Waals surface area contributed by atoms with Gasteiger partial charge in [0.15, 0.2) is 0 Å². The maximum Gasteiger partial charge on any atom is 0.306 e. The van der Waals surface area contributed by atoms with Crippen molar-refractivity contribution >= 4 is 29.3 Å². The molecule has 1 aliphatic heterocycles. The molecule has 4 nitrogen and oxygen atoms in total. The van der Waals surface area contributed by atoms with E-state index < -0.39 is 6.10 Å². The van der Waals surface area contributed by atoms with Gasteiger partial charge in [-0.05, 0) is 91.5 Å². The van der Waals surface area contributed by atoms with Crippen molar-refractivity contribution in [3.63, 3.8) is 0 Å². The summed E-state index contributed by atoms with van der Waals surface area (Å²) in [6.07, 6.45) is 10.1. The van der Waals surface area contributed by atoms with E-state index in [1.807, 2.05) is 0 Å². The Kier molecular flexibility index (Phi) is 13.0. The van der Waals surface area contributed by atoms with Gasteiger partial charge in [-0.1, -0.05) is 57.6 Å². The highest BCUT2D eigenvalue weighted by molar-refractivity contribution is 5.87. The van der Waals surface area contributed by atoms with Crippen LogP contribution in [0.3, 0.4) is 0 Å². The first-order valence-electron chi connectivity index (χ1n) is 16.2. The van der Waals surface area contributed by atoms with Gasteiger partial charge >= 0.3 is 5.97 Å². The monoisotopic (exact) mass is 640 g/mol. The number of rotatable bonds is 15. The van der Waals surface area contributed by atoms with Crippen LogP contribution in [0.4, 0.5) is 13.2 Å². The molecule has 0 radical (unpaired) electrons. The van der Waals surface area contributed by atoms with Crippen LogP contribution < -0.4 is 0 Å². The first-order chi connectivity index (χ1) is 21.4. The van der Waals surface area contributed by atoms with Crippen molar-refractivity contribution in [2.75, 3.05) is 13.1 Å². The zero-order valence-corrected chi connectivity index (χ0v) is 26.9. The van der Waals surface area contributed by atoms with E-state index in [-0.39, 0.29) is 35.8 Å². The molecule has 1 atom stereocenters. The van der Waals surface area contributed by atoms with Gasteiger partial charge < -0.3 is 9.30 Å². The van der Waals surface area contributed by atoms with Crippen molar-refractivity contribution in [1.82, 2.24) is 9.47 Å². The molecule has 1 aromatic heterocycles. The van der Waals surface area contributed by atoms with Gasteiger partial charge in [0.2, 0.25) is 0 Å². The second-order valence-electron chi connectivity index (χ2n) is 12.0. The minimum absolute atomic E-state index is 0. The van der Waals surface area contributed by atoms with Crippen LogP contribution in [0.1, 0.15) is 94.1 Å². The summed E-state index contributed by atoms with van der Waals surface area (Å²) in [5.41, 5.74) is 4.79. The highest BCUT2D eigenvalue weighted by atomic mass is 35.5. The fourth-order valence-electron chi connectivity index (χ4n) is 6.38. The average Bonchev–Trinajstić information content (AvgIpc) is 3.33. The number of unbranched alkanes of at least 4 members (excludes halogenated alkanes) is 6. The topological polar surface area (TPSA) is 34.5 Å². The van der Waals surface area contributed by atoms with Gasteiger partial charge in [0.05, 0.1) is 5.52 Å². The zero-order chi connectivity index (χ0) is 30.9. The molecule has 0 amide bonds. The van der Waals surface area contributed by atoms with Crippen LogP contribution in [0.2, 0.25) is 0 Å². The van der Waals surface area contributed by atoms with Crippen molar-refractivity contribution in [3.8, 4) is 5.69 Å². The summed E-state index contributed by atoms with van der Waals surface area (Å²) in [5, 5.41) is 0.873. The molecule has 2 heterocycles. The number of ether oxygens (including phenoxy) is 1. The number of esters is 1. The van der Waals surface area contributed by atoms with Crippen LogP contribution in [0.25, 0.3) is 16.6 Å². The molecule has 0 bridgehead atoms. The normalized spacial score (nSPS) is 13.8. The van der Waals surface area contributed by atoms with Crippen LogP contribution in [0, 0.1) is 17.5 Å². The number of nitrogens with zero attached hydrogens (tertiary/aromatic N) is 2. The lowest BCUT2D eigenvalue weighted by molar-refractivity contribution is -0.150. The summed E-state index contributed by atoms with van der Waals surface area (Å²) in [6, 6.07) is 17.5. The van der Waals surface area contributed by atoms with Crippen LogP contribution in [0.5, 0.6) is 0 Å². The second kappa shape index (κ2) is 16.9. The van der Waals surface area contributed by atoms with Gasteiger partial charge in [-0.25, -0.2) is 13.2 Å². The molecule has 0 fully saturated rings. The summed E-state index contributed by atoms with van der Waals surface area (Å²) in [6.45, 7) is 4.48. The predicted molar refractivity (Wildman–Crippen MR) is 176 cm³/mol. The summed E-state index contributed by atoms with van der Waals surface area (Å²) < 4.78 is 49.8. The molecular formula is C37H44ClF3N2O2. The Bertz CT molecular complexity index is 1520. The number of halogens is 4. The molecule has 0 saturated carbocycles. The van der Waals surface area contributed by atoms with Crippen molar-refractivity contribution in [2.45, 2.75) is 90.2 Å². The van der Waals surface area contributed by atoms with Crippen molar-refractivity contribution in [3.05, 3.63) is 101 Å². The molecule has 1 aliphatic rings. The number of carbonyl (C=O) groups excluding carboxylic acids is 1. The Labute approximate surface area is 271 Å². The number of carbonyl (C=O) groups is 1. The molecule has 0 spiro atoms. The van der Waals surface area contributed by atoms with Crippen molar-refractivity contribution in [2.24, 2.45) is 0 Å². The van der Waals surface area contributed by atoms with Crippen molar-refractivity contribution in [1.29, 1.82) is 0 Å². The summed E-state index contributed by atoms with van der Waals surface area (Å²) in [5.74, 6) is -1.10. The predicted octanol–water partition coefficient (Wildman–Crippen LogP) is 10.0. The van der Waals surface area contributed by atoms with Crippen molar-refractivity contribution < 1.29 is 22.7 Å². The molecule has 3 aromatic carbocycles. The molecular weight excluding hydrogens is 597 g/mol. The highest BCUT2D eigenvalue weighted by Crippen LogP contribution is 2.34. The van der Waals surface area contributed by atoms with E-state index in [0.717, 1.165) is 78.6 Å². The molecule has 0 saturated heterocycles. The Morgan fingerprint density at radius 2 is 1.47 bits per heavy atom. The Morgan fingerprint density at radius 3 is 2.18 bits per heavy atom. The van der Waals surface area contributed by atoms with E-state index in [2.05, 4.69) is 16.4 Å². The fraction of sp³-hybridized carbons (Fsp3) is 0.432. The molecule has 5 rings (SSSR count). The maximum absolute atomic E-state index is 14.4. The first kappa shape index (κ1) is 34.6. The third-order valence-electron chi connectivity index (χ3n) is 8.71. The fourth-order valence-corrected chi connectivity index (χ4v) is 6.38. The van der Waals surface area contributed by atoms with Gasteiger partial charge in [-0.3, -0.25) is 9.69 Å². The van der Waals surface area contributed by atoms with E-state index in [9.17, 15) is 18.0 Å². The smallest absolute Gasteiger partial charge is 0.306 e. The van der Waals surface area contributed by atoms with E-state index >= 15 is 0 Å². The summed E-state index contributed by atoms with van der Waals surface area (Å²) >= 11 is 0. The van der Waals surface area contributed by atoms with Gasteiger partial charge in [0.25, 0.3) is 0 Å². The van der Waals surface area contributed by atoms with E-state index in [1.165, 1.54) is 56.0 Å². The minimum atomic E-state index is -0.428. The second-order valence-corrected chi connectivity index (χ2v) is 12.0. The van der Waals surface area contributed by atoms with Crippen LogP contribution in [0.15, 0.2) is 66.7 Å². The van der Waals surface area contributed by atoms with Gasteiger partial charge in [0.1, 0.15) is 23.6 Å². The molecule has 1 unspecified atom stereocenters. The third kappa shape index (κ3) is 9.14. The lowest BCUT2D eigenvalue weighted by atomic mass is 10.0. The van der Waals surface area contributed by atoms with Gasteiger partial charge in [-0.15, -0.1) is 12.4 Å². The molecule has 4 aromatic rings. The molecule has 0 N–H and O–H groups in total. The number of fused-ring (bicyclic) bond motifs is 3. The Hall–Kier alpha value is -3.29. The summed E-state index contributed by atoms with van der Waals surface area (Å²) in [4.78, 5) is 15.1. The number of hydrogen-bond donors (Lipinski definition) is 0. The van der Waals surface area contributed by atoms with Crippen LogP contribution in [-0.4, -0.2) is 28.5 Å². The largest absolute Gasteiger partial charge is 0.457 e. The number of benzene rings is 3. The Morgan fingerprint density at radius 1 is 0.822 bits per heavy atom. The highest BCUT2D eigenvalue weighted by Gasteiger charge is 2.26. The maximum atomic E-state index is 14.4. The first-order valence-corrected chi connectivity index (χ1v) is 16.2. The lowest BCUT2D eigenvalue weighted by Gasteiger charge is -2.29.